The number of nitrogens with two attached hydrogens (primary N) is 2. The molecule has 0 spiro atoms. The van der Waals surface area contributed by atoms with Crippen molar-refractivity contribution in [1.29, 1.82) is 0 Å². The summed E-state index contributed by atoms with van der Waals surface area (Å²) in [6.07, 6.45) is 0. The Hall–Kier alpha value is -3.54. The van der Waals surface area contributed by atoms with Gasteiger partial charge in [-0.05, 0) is 48.0 Å². The van der Waals surface area contributed by atoms with Gasteiger partial charge in [-0.3, -0.25) is 4.90 Å². The fourth-order valence-corrected chi connectivity index (χ4v) is 3.84. The number of ether oxygens (including phenoxy) is 3. The molecule has 4 rings (SSSR count). The number of piperazine rings is 1. The monoisotopic (exact) mass is 515 g/mol. The SMILES string of the molecule is COCCOc1ccc(N2CCN(CCOc3cc(/N=C(\N)c4ccc(Cl)o4)nc(N)n3)CC2)cc1. The van der Waals surface area contributed by atoms with Crippen LogP contribution in [0, 0.1) is 0 Å². The minimum atomic E-state index is 0.0419. The second-order valence-electron chi connectivity index (χ2n) is 8.04. The molecule has 12 heteroatoms. The van der Waals surface area contributed by atoms with E-state index in [1.165, 1.54) is 5.69 Å². The van der Waals surface area contributed by atoms with E-state index in [9.17, 15) is 0 Å². The van der Waals surface area contributed by atoms with Crippen LogP contribution < -0.4 is 25.8 Å². The minimum absolute atomic E-state index is 0.0419. The van der Waals surface area contributed by atoms with Gasteiger partial charge in [0.25, 0.3) is 0 Å². The number of amidine groups is 1. The number of furan rings is 1. The Bertz CT molecular complexity index is 1150. The molecule has 0 atom stereocenters. The van der Waals surface area contributed by atoms with Crippen LogP contribution in [0.5, 0.6) is 11.6 Å². The van der Waals surface area contributed by atoms with Gasteiger partial charge in [0.2, 0.25) is 11.8 Å². The Labute approximate surface area is 214 Å². The van der Waals surface area contributed by atoms with E-state index in [4.69, 9.17) is 41.7 Å². The summed E-state index contributed by atoms with van der Waals surface area (Å²) in [5.74, 6) is 1.95. The number of rotatable bonds is 11. The minimum Gasteiger partial charge on any atom is -0.491 e. The zero-order valence-electron chi connectivity index (χ0n) is 20.1. The van der Waals surface area contributed by atoms with E-state index in [0.717, 1.165) is 38.5 Å². The number of aromatic nitrogens is 2. The normalized spacial score (nSPS) is 14.7. The fraction of sp³-hybridized carbons (Fsp3) is 0.375. The molecule has 3 aromatic rings. The van der Waals surface area contributed by atoms with Gasteiger partial charge in [-0.15, -0.1) is 0 Å². The maximum Gasteiger partial charge on any atom is 0.225 e. The Morgan fingerprint density at radius 1 is 1.03 bits per heavy atom. The molecule has 1 saturated heterocycles. The maximum absolute atomic E-state index is 5.96. The third-order valence-electron chi connectivity index (χ3n) is 5.55. The van der Waals surface area contributed by atoms with E-state index in [0.29, 0.717) is 31.5 Å². The molecule has 192 valence electrons. The molecule has 0 saturated carbocycles. The first-order valence-corrected chi connectivity index (χ1v) is 11.9. The van der Waals surface area contributed by atoms with Crippen molar-refractivity contribution in [1.82, 2.24) is 14.9 Å². The highest BCUT2D eigenvalue weighted by Crippen LogP contribution is 2.22. The second kappa shape index (κ2) is 12.4. The Kier molecular flexibility index (Phi) is 8.82. The first kappa shape index (κ1) is 25.5. The number of hydrogen-bond donors (Lipinski definition) is 2. The zero-order valence-corrected chi connectivity index (χ0v) is 20.9. The summed E-state index contributed by atoms with van der Waals surface area (Å²) >= 11 is 5.79. The highest BCUT2D eigenvalue weighted by atomic mass is 35.5. The van der Waals surface area contributed by atoms with Crippen LogP contribution >= 0.6 is 11.6 Å². The zero-order chi connectivity index (χ0) is 25.3. The van der Waals surface area contributed by atoms with Gasteiger partial charge >= 0.3 is 0 Å². The number of aliphatic imine (C=N–C) groups is 1. The molecule has 0 unspecified atom stereocenters. The molecule has 1 aliphatic heterocycles. The molecule has 3 heterocycles. The molecule has 4 N–H and O–H groups in total. The molecule has 11 nitrogen and oxygen atoms in total. The van der Waals surface area contributed by atoms with Crippen LogP contribution in [0.2, 0.25) is 5.22 Å². The smallest absolute Gasteiger partial charge is 0.225 e. The maximum atomic E-state index is 5.96. The van der Waals surface area contributed by atoms with E-state index in [1.54, 1.807) is 25.3 Å². The van der Waals surface area contributed by atoms with Crippen LogP contribution in [-0.4, -0.2) is 80.4 Å². The lowest BCUT2D eigenvalue weighted by Crippen LogP contribution is -2.47. The molecule has 0 bridgehead atoms. The van der Waals surface area contributed by atoms with Crippen molar-refractivity contribution in [2.24, 2.45) is 10.7 Å². The summed E-state index contributed by atoms with van der Waals surface area (Å²) in [7, 11) is 1.66. The van der Waals surface area contributed by atoms with Crippen molar-refractivity contribution in [3.63, 3.8) is 0 Å². The van der Waals surface area contributed by atoms with Crippen molar-refractivity contribution < 1.29 is 18.6 Å². The van der Waals surface area contributed by atoms with Gasteiger partial charge in [-0.2, -0.15) is 9.97 Å². The van der Waals surface area contributed by atoms with Crippen molar-refractivity contribution in [2.45, 2.75) is 0 Å². The molecular weight excluding hydrogens is 486 g/mol. The van der Waals surface area contributed by atoms with E-state index in [2.05, 4.69) is 36.9 Å². The van der Waals surface area contributed by atoms with Crippen LogP contribution in [0.1, 0.15) is 5.76 Å². The molecule has 1 aliphatic rings. The van der Waals surface area contributed by atoms with Gasteiger partial charge in [0.1, 0.15) is 19.0 Å². The number of methoxy groups -OCH3 is 1. The number of benzene rings is 1. The largest absolute Gasteiger partial charge is 0.491 e. The second-order valence-corrected chi connectivity index (χ2v) is 8.41. The quantitative estimate of drug-likeness (QED) is 0.222. The standard InChI is InChI=1S/C24H30ClN7O4/c1-33-14-15-34-18-4-2-17(3-5-18)32-10-8-31(9-11-32)12-13-35-22-16-21(29-24(27)30-22)28-23(26)19-6-7-20(25)36-19/h2-7,16H,8-15H2,1H3,(H4,26,27,28,29,30). The van der Waals surface area contributed by atoms with Gasteiger partial charge in [0, 0.05) is 51.6 Å². The van der Waals surface area contributed by atoms with Crippen LogP contribution in [0.3, 0.4) is 0 Å². The van der Waals surface area contributed by atoms with Crippen LogP contribution in [-0.2, 0) is 4.74 Å². The van der Waals surface area contributed by atoms with Gasteiger partial charge in [0.05, 0.1) is 6.61 Å². The highest BCUT2D eigenvalue weighted by molar-refractivity contribution is 6.29. The number of halogens is 1. The molecule has 36 heavy (non-hydrogen) atoms. The lowest BCUT2D eigenvalue weighted by atomic mass is 10.2. The van der Waals surface area contributed by atoms with E-state index in [1.807, 2.05) is 12.1 Å². The highest BCUT2D eigenvalue weighted by Gasteiger charge is 2.17. The van der Waals surface area contributed by atoms with E-state index in [-0.39, 0.29) is 22.8 Å². The number of anilines is 2. The number of hydrogen-bond acceptors (Lipinski definition) is 10. The molecule has 2 aromatic heterocycles. The Balaban J connectivity index is 1.23. The molecular formula is C24H30ClN7O4. The third-order valence-corrected chi connectivity index (χ3v) is 5.76. The molecule has 0 aliphatic carbocycles. The van der Waals surface area contributed by atoms with E-state index < -0.39 is 0 Å². The summed E-state index contributed by atoms with van der Waals surface area (Å²) in [4.78, 5) is 17.1. The molecule has 1 fully saturated rings. The average molecular weight is 516 g/mol. The molecule has 0 radical (unpaired) electrons. The Morgan fingerprint density at radius 2 is 1.81 bits per heavy atom. The van der Waals surface area contributed by atoms with Crippen molar-refractivity contribution in [3.8, 4) is 11.6 Å². The van der Waals surface area contributed by atoms with Crippen LogP contribution in [0.4, 0.5) is 17.5 Å². The first-order chi connectivity index (χ1) is 17.5. The molecule has 0 amide bonds. The van der Waals surface area contributed by atoms with Crippen LogP contribution in [0.25, 0.3) is 0 Å². The summed E-state index contributed by atoms with van der Waals surface area (Å²) in [5.41, 5.74) is 13.0. The molecule has 1 aromatic carbocycles. The summed E-state index contributed by atoms with van der Waals surface area (Å²) in [6.45, 7) is 6.05. The summed E-state index contributed by atoms with van der Waals surface area (Å²) < 4.78 is 21.7. The number of nitrogens with zero attached hydrogens (tertiary/aromatic N) is 5. The third kappa shape index (κ3) is 7.23. The van der Waals surface area contributed by atoms with Gasteiger partial charge < -0.3 is 35.0 Å². The topological polar surface area (TPSA) is 137 Å². The van der Waals surface area contributed by atoms with E-state index >= 15 is 0 Å². The Morgan fingerprint density at radius 3 is 2.50 bits per heavy atom. The van der Waals surface area contributed by atoms with Crippen LogP contribution in [0.15, 0.2) is 51.9 Å². The number of nitrogen functional groups attached to an aromatic ring is 1. The lowest BCUT2D eigenvalue weighted by molar-refractivity contribution is 0.146. The van der Waals surface area contributed by atoms with Gasteiger partial charge in [0.15, 0.2) is 22.6 Å². The predicted molar refractivity (Wildman–Crippen MR) is 139 cm³/mol. The van der Waals surface area contributed by atoms with Crippen molar-refractivity contribution >= 4 is 34.9 Å². The summed E-state index contributed by atoms with van der Waals surface area (Å²) in [6, 6.07) is 13.0. The van der Waals surface area contributed by atoms with Crippen molar-refractivity contribution in [3.05, 3.63) is 53.4 Å². The average Bonchev–Trinajstić information content (AvgIpc) is 3.31. The lowest BCUT2D eigenvalue weighted by Gasteiger charge is -2.36. The van der Waals surface area contributed by atoms with Crippen molar-refractivity contribution in [2.75, 3.05) is 70.3 Å². The predicted octanol–water partition coefficient (Wildman–Crippen LogP) is 2.57. The van der Waals surface area contributed by atoms with Gasteiger partial charge in [-0.1, -0.05) is 0 Å². The van der Waals surface area contributed by atoms with Gasteiger partial charge in [-0.25, -0.2) is 4.99 Å². The first-order valence-electron chi connectivity index (χ1n) is 11.6. The fourth-order valence-electron chi connectivity index (χ4n) is 3.70. The summed E-state index contributed by atoms with van der Waals surface area (Å²) in [5, 5.41) is 0.219.